The number of carboxylic acid groups (broad SMARTS) is 2. The van der Waals surface area contributed by atoms with Crippen LogP contribution in [0.5, 0.6) is 0 Å². The van der Waals surface area contributed by atoms with Crippen LogP contribution in [0.2, 0.25) is 0 Å². The van der Waals surface area contributed by atoms with Gasteiger partial charge in [0.1, 0.15) is 13.1 Å². The predicted molar refractivity (Wildman–Crippen MR) is 116 cm³/mol. The fourth-order valence-electron chi connectivity index (χ4n) is 3.17. The second-order valence-corrected chi connectivity index (χ2v) is 8.55. The molecule has 2 N–H and O–H groups in total. The molecule has 4 rings (SSSR count). The highest BCUT2D eigenvalue weighted by atomic mass is 32.2. The summed E-state index contributed by atoms with van der Waals surface area (Å²) in [7, 11) is 0. The zero-order chi connectivity index (χ0) is 21.1. The van der Waals surface area contributed by atoms with Gasteiger partial charge in [0.05, 0.1) is 22.1 Å². The summed E-state index contributed by atoms with van der Waals surface area (Å²) in [4.78, 5) is 31.6. The van der Waals surface area contributed by atoms with Crippen molar-refractivity contribution in [2.24, 2.45) is 0 Å². The second kappa shape index (κ2) is 8.80. The number of para-hydroxylation sites is 4. The molecule has 0 atom stereocenters. The summed E-state index contributed by atoms with van der Waals surface area (Å²) in [5.41, 5.74) is 3.10. The number of hydrogen-bond acceptors (Lipinski definition) is 6. The molecule has 0 fully saturated rings. The van der Waals surface area contributed by atoms with Crippen molar-refractivity contribution in [3.05, 3.63) is 48.5 Å². The van der Waals surface area contributed by atoms with Gasteiger partial charge >= 0.3 is 11.9 Å². The lowest BCUT2D eigenvalue weighted by Gasteiger charge is -2.07. The van der Waals surface area contributed by atoms with Gasteiger partial charge in [-0.15, -0.1) is 0 Å². The molecule has 0 amide bonds. The van der Waals surface area contributed by atoms with E-state index in [2.05, 4.69) is 9.97 Å². The predicted octanol–water partition coefficient (Wildman–Crippen LogP) is 3.44. The molecule has 2 aromatic carbocycles. The number of nitrogens with zero attached hydrogens (tertiary/aromatic N) is 4. The summed E-state index contributed by atoms with van der Waals surface area (Å²) in [5, 5.41) is 19.8. The van der Waals surface area contributed by atoms with E-state index in [4.69, 9.17) is 0 Å². The maximum atomic E-state index is 11.3. The fraction of sp³-hybridized carbons (Fsp3) is 0.200. The summed E-state index contributed by atoms with van der Waals surface area (Å²) in [6.45, 7) is -0.297. The highest BCUT2D eigenvalue weighted by molar-refractivity contribution is 8.02. The summed E-state index contributed by atoms with van der Waals surface area (Å²) in [6, 6.07) is 14.9. The quantitative estimate of drug-likeness (QED) is 0.300. The maximum Gasteiger partial charge on any atom is 0.323 e. The first-order valence-corrected chi connectivity index (χ1v) is 11.1. The van der Waals surface area contributed by atoms with Gasteiger partial charge in [0.2, 0.25) is 0 Å². The van der Waals surface area contributed by atoms with Crippen molar-refractivity contribution < 1.29 is 19.8 Å². The van der Waals surface area contributed by atoms with Gasteiger partial charge in [0.15, 0.2) is 10.3 Å². The number of imidazole rings is 2. The minimum absolute atomic E-state index is 0.148. The van der Waals surface area contributed by atoms with Crippen molar-refractivity contribution in [1.82, 2.24) is 19.1 Å². The molecule has 4 aromatic rings. The number of carboxylic acids is 2. The third kappa shape index (κ3) is 4.29. The Morgan fingerprint density at radius 3 is 1.53 bits per heavy atom. The van der Waals surface area contributed by atoms with E-state index in [1.54, 1.807) is 9.13 Å². The number of thioether (sulfide) groups is 2. The van der Waals surface area contributed by atoms with Crippen LogP contribution in [0, 0.1) is 0 Å². The van der Waals surface area contributed by atoms with Gasteiger partial charge in [0, 0.05) is 11.5 Å². The first kappa shape index (κ1) is 20.3. The van der Waals surface area contributed by atoms with Crippen LogP contribution in [0.25, 0.3) is 22.1 Å². The van der Waals surface area contributed by atoms with E-state index < -0.39 is 11.9 Å². The lowest BCUT2D eigenvalue weighted by molar-refractivity contribution is -0.138. The lowest BCUT2D eigenvalue weighted by atomic mass is 10.3. The Hall–Kier alpha value is -2.98. The third-order valence-electron chi connectivity index (χ3n) is 4.37. The monoisotopic (exact) mass is 442 g/mol. The Balaban J connectivity index is 1.48. The Bertz CT molecular complexity index is 1140. The average molecular weight is 443 g/mol. The number of fused-ring (bicyclic) bond motifs is 2. The lowest BCUT2D eigenvalue weighted by Crippen LogP contribution is -2.10. The molecule has 154 valence electrons. The van der Waals surface area contributed by atoms with E-state index >= 15 is 0 Å². The molecular weight excluding hydrogens is 424 g/mol. The molecule has 2 heterocycles. The normalized spacial score (nSPS) is 11.3. The van der Waals surface area contributed by atoms with Gasteiger partial charge < -0.3 is 19.3 Å². The summed E-state index contributed by atoms with van der Waals surface area (Å²) >= 11 is 2.95. The van der Waals surface area contributed by atoms with Crippen molar-refractivity contribution in [2.45, 2.75) is 23.4 Å². The van der Waals surface area contributed by atoms with Crippen LogP contribution in [0.15, 0.2) is 58.8 Å². The minimum atomic E-state index is -0.920. The molecule has 0 aliphatic heterocycles. The van der Waals surface area contributed by atoms with Crippen molar-refractivity contribution in [1.29, 1.82) is 0 Å². The highest BCUT2D eigenvalue weighted by Gasteiger charge is 2.15. The van der Waals surface area contributed by atoms with E-state index in [1.807, 2.05) is 48.5 Å². The van der Waals surface area contributed by atoms with E-state index in [0.29, 0.717) is 21.8 Å². The zero-order valence-corrected chi connectivity index (χ0v) is 17.4. The summed E-state index contributed by atoms with van der Waals surface area (Å²) in [6.07, 6.45) is 0. The van der Waals surface area contributed by atoms with E-state index in [0.717, 1.165) is 22.1 Å². The first-order chi connectivity index (χ1) is 14.5. The van der Waals surface area contributed by atoms with Gasteiger partial charge in [-0.3, -0.25) is 9.59 Å². The smallest absolute Gasteiger partial charge is 0.323 e. The van der Waals surface area contributed by atoms with Gasteiger partial charge in [-0.25, -0.2) is 9.97 Å². The van der Waals surface area contributed by atoms with Crippen LogP contribution in [-0.2, 0) is 22.7 Å². The van der Waals surface area contributed by atoms with Crippen LogP contribution in [-0.4, -0.2) is 52.8 Å². The van der Waals surface area contributed by atoms with Gasteiger partial charge in [-0.2, -0.15) is 0 Å². The molecule has 30 heavy (non-hydrogen) atoms. The Labute approximate surface area is 179 Å². The van der Waals surface area contributed by atoms with E-state index in [-0.39, 0.29) is 13.1 Å². The standard InChI is InChI=1S/C20H18N4O4S2/c25-17(26)11-23-15-7-3-1-5-13(15)21-19(23)29-9-10-30-20-22-14-6-2-4-8-16(14)24(20)12-18(27)28/h1-8H,9-12H2,(H,25,26)(H,27,28). The van der Waals surface area contributed by atoms with E-state index in [9.17, 15) is 19.8 Å². The van der Waals surface area contributed by atoms with Crippen molar-refractivity contribution >= 4 is 57.5 Å². The first-order valence-electron chi connectivity index (χ1n) is 9.12. The molecule has 0 aliphatic carbocycles. The largest absolute Gasteiger partial charge is 0.480 e. The Kier molecular flexibility index (Phi) is 5.96. The zero-order valence-electron chi connectivity index (χ0n) is 15.8. The maximum absolute atomic E-state index is 11.3. The molecule has 10 heteroatoms. The molecule has 0 aliphatic rings. The molecule has 0 spiro atoms. The Morgan fingerprint density at radius 1 is 0.733 bits per heavy atom. The van der Waals surface area contributed by atoms with Crippen LogP contribution in [0.3, 0.4) is 0 Å². The topological polar surface area (TPSA) is 110 Å². The third-order valence-corrected chi connectivity index (χ3v) is 6.59. The number of aromatic nitrogens is 4. The molecule has 0 saturated carbocycles. The molecule has 0 radical (unpaired) electrons. The molecule has 0 bridgehead atoms. The highest BCUT2D eigenvalue weighted by Crippen LogP contribution is 2.28. The summed E-state index contributed by atoms with van der Waals surface area (Å²) in [5.74, 6) is -0.498. The van der Waals surface area contributed by atoms with Crippen LogP contribution in [0.4, 0.5) is 0 Å². The van der Waals surface area contributed by atoms with Crippen LogP contribution in [0.1, 0.15) is 0 Å². The molecule has 0 unspecified atom stereocenters. The SMILES string of the molecule is O=C(O)Cn1c(SCCSc2nc3ccccc3n2CC(=O)O)nc2ccccc21. The summed E-state index contributed by atoms with van der Waals surface area (Å²) < 4.78 is 3.40. The number of hydrogen-bond donors (Lipinski definition) is 2. The van der Waals surface area contributed by atoms with Crippen molar-refractivity contribution in [3.8, 4) is 0 Å². The molecule has 2 aromatic heterocycles. The number of rotatable bonds is 9. The van der Waals surface area contributed by atoms with Crippen molar-refractivity contribution in [3.63, 3.8) is 0 Å². The van der Waals surface area contributed by atoms with Crippen molar-refractivity contribution in [2.75, 3.05) is 11.5 Å². The van der Waals surface area contributed by atoms with Crippen LogP contribution >= 0.6 is 23.5 Å². The van der Waals surface area contributed by atoms with Crippen LogP contribution < -0.4 is 0 Å². The number of carbonyl (C=O) groups is 2. The minimum Gasteiger partial charge on any atom is -0.480 e. The van der Waals surface area contributed by atoms with Gasteiger partial charge in [-0.1, -0.05) is 47.8 Å². The second-order valence-electron chi connectivity index (χ2n) is 6.42. The average Bonchev–Trinajstić information content (AvgIpc) is 3.23. The number of benzene rings is 2. The molecular formula is C20H18N4O4S2. The number of aliphatic carboxylic acids is 2. The Morgan fingerprint density at radius 2 is 1.13 bits per heavy atom. The van der Waals surface area contributed by atoms with Gasteiger partial charge in [-0.05, 0) is 24.3 Å². The fourth-order valence-corrected chi connectivity index (χ4v) is 5.16. The molecule has 0 saturated heterocycles. The van der Waals surface area contributed by atoms with E-state index in [1.165, 1.54) is 23.5 Å². The molecule has 8 nitrogen and oxygen atoms in total. The van der Waals surface area contributed by atoms with Gasteiger partial charge in [0.25, 0.3) is 0 Å².